The number of anilines is 1. The predicted octanol–water partition coefficient (Wildman–Crippen LogP) is 5.79. The number of amides is 1. The Balaban J connectivity index is 1.57. The Hall–Kier alpha value is -1.99. The second kappa shape index (κ2) is 10.8. The largest absolute Gasteiger partial charge is 0.362 e. The molecule has 32 heavy (non-hydrogen) atoms. The van der Waals surface area contributed by atoms with Crippen LogP contribution < -0.4 is 10.6 Å². The Morgan fingerprint density at radius 1 is 1.28 bits per heavy atom. The van der Waals surface area contributed by atoms with Gasteiger partial charge in [0.25, 0.3) is 5.91 Å². The van der Waals surface area contributed by atoms with E-state index in [1.165, 1.54) is 0 Å². The molecule has 0 spiro atoms. The minimum Gasteiger partial charge on any atom is -0.362 e. The molecule has 0 aliphatic carbocycles. The summed E-state index contributed by atoms with van der Waals surface area (Å²) >= 11 is 7.17. The summed E-state index contributed by atoms with van der Waals surface area (Å²) in [5.74, 6) is 0.870. The highest BCUT2D eigenvalue weighted by Gasteiger charge is 2.26. The van der Waals surface area contributed by atoms with E-state index >= 15 is 0 Å². The average molecular weight is 473 g/mol. The Labute approximate surface area is 202 Å². The van der Waals surface area contributed by atoms with Crippen LogP contribution in [0.1, 0.15) is 80.9 Å². The van der Waals surface area contributed by atoms with Crippen LogP contribution in [0.15, 0.2) is 29.6 Å². The molecule has 1 amide bonds. The van der Waals surface area contributed by atoms with Crippen molar-refractivity contribution in [1.29, 1.82) is 0 Å². The Bertz CT molecular complexity index is 926. The zero-order chi connectivity index (χ0) is 23.3. The Kier molecular flexibility index (Phi) is 8.28. The van der Waals surface area contributed by atoms with Gasteiger partial charge in [-0.15, -0.1) is 11.3 Å². The molecule has 5 nitrogen and oxygen atoms in total. The highest BCUT2D eigenvalue weighted by molar-refractivity contribution is 7.80. The number of thiazole rings is 1. The molecule has 1 aliphatic rings. The number of thiocarbonyl (C=S) groups is 1. The summed E-state index contributed by atoms with van der Waals surface area (Å²) in [6.45, 7) is 13.7. The van der Waals surface area contributed by atoms with Gasteiger partial charge in [0.15, 0.2) is 5.11 Å². The lowest BCUT2D eigenvalue weighted by atomic mass is 9.86. The lowest BCUT2D eigenvalue weighted by molar-refractivity contribution is 0.102. The van der Waals surface area contributed by atoms with Crippen LogP contribution in [0.2, 0.25) is 0 Å². The van der Waals surface area contributed by atoms with Gasteiger partial charge < -0.3 is 15.5 Å². The number of rotatable bonds is 6. The molecule has 2 N–H and O–H groups in total. The van der Waals surface area contributed by atoms with Crippen molar-refractivity contribution >= 4 is 40.3 Å². The number of para-hydroxylation sites is 1. The second-order valence-electron chi connectivity index (χ2n) is 9.78. The fourth-order valence-corrected chi connectivity index (χ4v) is 5.10. The average Bonchev–Trinajstić information content (AvgIpc) is 3.27. The van der Waals surface area contributed by atoms with Crippen LogP contribution in [0.5, 0.6) is 0 Å². The molecule has 1 aromatic heterocycles. The first-order valence-corrected chi connectivity index (χ1v) is 12.9. The second-order valence-corrected chi connectivity index (χ2v) is 11.1. The molecule has 1 aromatic carbocycles. The summed E-state index contributed by atoms with van der Waals surface area (Å²) in [7, 11) is 0. The highest BCUT2D eigenvalue weighted by atomic mass is 32.1. The third-order valence-electron chi connectivity index (χ3n) is 6.17. The summed E-state index contributed by atoms with van der Waals surface area (Å²) in [6.07, 6.45) is 3.17. The van der Waals surface area contributed by atoms with Crippen molar-refractivity contribution < 1.29 is 4.79 Å². The number of hydrogen-bond acceptors (Lipinski definition) is 4. The topological polar surface area (TPSA) is 57.3 Å². The smallest absolute Gasteiger partial charge is 0.275 e. The first-order valence-electron chi connectivity index (χ1n) is 11.6. The number of aromatic nitrogens is 1. The third-order valence-corrected chi connectivity index (χ3v) is 7.58. The molecule has 3 rings (SSSR count). The van der Waals surface area contributed by atoms with Crippen LogP contribution in [-0.4, -0.2) is 40.5 Å². The Morgan fingerprint density at radius 3 is 2.62 bits per heavy atom. The predicted molar refractivity (Wildman–Crippen MR) is 139 cm³/mol. The molecule has 0 saturated carbocycles. The number of nitrogens with zero attached hydrogens (tertiary/aromatic N) is 2. The van der Waals surface area contributed by atoms with Gasteiger partial charge in [0, 0.05) is 36.6 Å². The molecular formula is C25H36N4OS2. The van der Waals surface area contributed by atoms with Gasteiger partial charge in [0.2, 0.25) is 0 Å². The lowest BCUT2D eigenvalue weighted by Crippen LogP contribution is -2.45. The van der Waals surface area contributed by atoms with E-state index in [1.807, 2.05) is 23.6 Å². The van der Waals surface area contributed by atoms with Gasteiger partial charge in [-0.05, 0) is 48.0 Å². The summed E-state index contributed by atoms with van der Waals surface area (Å²) in [5.41, 5.74) is 2.43. The van der Waals surface area contributed by atoms with Gasteiger partial charge in [-0.3, -0.25) is 4.79 Å². The molecular weight excluding hydrogens is 436 g/mol. The van der Waals surface area contributed by atoms with Crippen LogP contribution in [0.4, 0.5) is 5.69 Å². The van der Waals surface area contributed by atoms with E-state index in [4.69, 9.17) is 17.2 Å². The SMILES string of the molecule is CCC(C)CNC(=S)N1CCC(c2nc(C(=O)Nc3ccccc3C(C)(C)C)cs2)CC1. The first kappa shape index (κ1) is 24.6. The number of carbonyl (C=O) groups is 1. The molecule has 1 aliphatic heterocycles. The van der Waals surface area contributed by atoms with E-state index in [2.05, 4.69) is 56.2 Å². The van der Waals surface area contributed by atoms with Gasteiger partial charge in [0.05, 0.1) is 5.01 Å². The van der Waals surface area contributed by atoms with Crippen molar-refractivity contribution in [3.8, 4) is 0 Å². The van der Waals surface area contributed by atoms with Gasteiger partial charge in [0.1, 0.15) is 5.69 Å². The Morgan fingerprint density at radius 2 is 1.97 bits per heavy atom. The maximum absolute atomic E-state index is 12.9. The fraction of sp³-hybridized carbons (Fsp3) is 0.560. The summed E-state index contributed by atoms with van der Waals surface area (Å²) < 4.78 is 0. The van der Waals surface area contributed by atoms with Gasteiger partial charge in [-0.25, -0.2) is 4.98 Å². The van der Waals surface area contributed by atoms with E-state index < -0.39 is 0 Å². The van der Waals surface area contributed by atoms with E-state index in [-0.39, 0.29) is 11.3 Å². The molecule has 174 valence electrons. The fourth-order valence-electron chi connectivity index (χ4n) is 3.86. The van der Waals surface area contributed by atoms with Crippen molar-refractivity contribution in [1.82, 2.24) is 15.2 Å². The first-order chi connectivity index (χ1) is 15.2. The zero-order valence-corrected chi connectivity index (χ0v) is 21.5. The van der Waals surface area contributed by atoms with Crippen molar-refractivity contribution in [2.24, 2.45) is 5.92 Å². The summed E-state index contributed by atoms with van der Waals surface area (Å²) in [5, 5.41) is 10.3. The van der Waals surface area contributed by atoms with Crippen LogP contribution in [0, 0.1) is 5.92 Å². The lowest BCUT2D eigenvalue weighted by Gasteiger charge is -2.33. The zero-order valence-electron chi connectivity index (χ0n) is 19.9. The third kappa shape index (κ3) is 6.29. The minimum absolute atomic E-state index is 0.0465. The normalized spacial score (nSPS) is 16.0. The van der Waals surface area contributed by atoms with Gasteiger partial charge in [-0.2, -0.15) is 0 Å². The molecule has 1 saturated heterocycles. The molecule has 2 aromatic rings. The molecule has 2 heterocycles. The number of benzene rings is 1. The molecule has 0 radical (unpaired) electrons. The number of carbonyl (C=O) groups excluding carboxylic acids is 1. The van der Waals surface area contributed by atoms with Crippen LogP contribution in [0.25, 0.3) is 0 Å². The van der Waals surface area contributed by atoms with Crippen LogP contribution in [-0.2, 0) is 5.41 Å². The highest BCUT2D eigenvalue weighted by Crippen LogP contribution is 2.32. The van der Waals surface area contributed by atoms with Gasteiger partial charge in [-0.1, -0.05) is 59.2 Å². The van der Waals surface area contributed by atoms with Crippen molar-refractivity contribution in [3.05, 3.63) is 45.9 Å². The molecule has 1 fully saturated rings. The number of nitrogens with one attached hydrogen (secondary N) is 2. The summed E-state index contributed by atoms with van der Waals surface area (Å²) in [4.78, 5) is 19.8. The number of likely N-dealkylation sites (tertiary alicyclic amines) is 1. The van der Waals surface area contributed by atoms with Gasteiger partial charge >= 0.3 is 0 Å². The number of hydrogen-bond donors (Lipinski definition) is 2. The molecule has 1 unspecified atom stereocenters. The molecule has 0 bridgehead atoms. The number of piperidine rings is 1. The van der Waals surface area contributed by atoms with E-state index in [0.717, 1.165) is 60.3 Å². The van der Waals surface area contributed by atoms with E-state index in [9.17, 15) is 4.79 Å². The maximum Gasteiger partial charge on any atom is 0.275 e. The van der Waals surface area contributed by atoms with Crippen LogP contribution in [0.3, 0.4) is 0 Å². The minimum atomic E-state index is -0.142. The maximum atomic E-state index is 12.9. The quantitative estimate of drug-likeness (QED) is 0.521. The molecule has 1 atom stereocenters. The standard InChI is InChI=1S/C25H36N4OS2/c1-6-17(2)15-26-24(31)29-13-11-18(12-14-29)23-28-21(16-32-23)22(30)27-20-10-8-7-9-19(20)25(3,4)5/h7-10,16-18H,6,11-15H2,1-5H3,(H,26,31)(H,27,30). The van der Waals surface area contributed by atoms with Crippen molar-refractivity contribution in [2.75, 3.05) is 25.0 Å². The van der Waals surface area contributed by atoms with E-state index in [1.54, 1.807) is 11.3 Å². The van der Waals surface area contributed by atoms with E-state index in [0.29, 0.717) is 17.5 Å². The van der Waals surface area contributed by atoms with Crippen molar-refractivity contribution in [2.45, 2.75) is 65.2 Å². The monoisotopic (exact) mass is 472 g/mol. The molecule has 7 heteroatoms. The summed E-state index contributed by atoms with van der Waals surface area (Å²) in [6, 6.07) is 7.99. The van der Waals surface area contributed by atoms with Crippen molar-refractivity contribution in [3.63, 3.8) is 0 Å². The van der Waals surface area contributed by atoms with Crippen LogP contribution >= 0.6 is 23.6 Å².